The van der Waals surface area contributed by atoms with Crippen LogP contribution in [0.4, 0.5) is 0 Å². The number of aliphatic hydroxyl groups is 1. The summed E-state index contributed by atoms with van der Waals surface area (Å²) in [7, 11) is 4.51. The van der Waals surface area contributed by atoms with Gasteiger partial charge in [0.2, 0.25) is 5.75 Å². The van der Waals surface area contributed by atoms with Crippen molar-refractivity contribution in [2.24, 2.45) is 11.8 Å². The van der Waals surface area contributed by atoms with Crippen LogP contribution in [-0.2, 0) is 9.47 Å². The molecule has 2 aliphatic rings. The van der Waals surface area contributed by atoms with Crippen molar-refractivity contribution < 1.29 is 33.6 Å². The first-order valence-electron chi connectivity index (χ1n) is 11.2. The third kappa shape index (κ3) is 4.89. The molecule has 5 atom stereocenters. The van der Waals surface area contributed by atoms with Gasteiger partial charge in [0, 0.05) is 12.3 Å². The lowest BCUT2D eigenvalue weighted by Crippen LogP contribution is -2.43. The Kier molecular flexibility index (Phi) is 7.40. The van der Waals surface area contributed by atoms with Crippen LogP contribution >= 0.6 is 0 Å². The van der Waals surface area contributed by atoms with Gasteiger partial charge in [0.15, 0.2) is 11.5 Å². The maximum atomic E-state index is 13.2. The number of hydrogen-bond donors (Lipinski definition) is 1. The standard InChI is InChI=1S/C25H36O7/c1-14(2)20-17(11-15(3)9-8-10-25(4)23(32-25)21(20)26)31-24(27)16-12-18(28-5)22(30-7)19(13-16)29-6/h9,12-14,17,20-21,23,26H,8,10-11H2,1-7H3/t17?,20-,21-,23-,25+/m1/s1. The van der Waals surface area contributed by atoms with Gasteiger partial charge in [0.05, 0.1) is 38.6 Å². The number of carbonyl (C=O) groups excluding carboxylic acids is 1. The molecule has 1 aromatic carbocycles. The summed E-state index contributed by atoms with van der Waals surface area (Å²) in [5.74, 6) is 0.477. The number of allylic oxidation sites excluding steroid dienone is 1. The monoisotopic (exact) mass is 448 g/mol. The van der Waals surface area contributed by atoms with Crippen molar-refractivity contribution in [3.8, 4) is 17.2 Å². The van der Waals surface area contributed by atoms with E-state index in [1.165, 1.54) is 21.3 Å². The van der Waals surface area contributed by atoms with Crippen LogP contribution in [0, 0.1) is 11.8 Å². The molecule has 7 heteroatoms. The minimum Gasteiger partial charge on any atom is -0.493 e. The van der Waals surface area contributed by atoms with E-state index in [-0.39, 0.29) is 23.5 Å². The van der Waals surface area contributed by atoms with Crippen molar-refractivity contribution >= 4 is 5.97 Å². The molecule has 0 radical (unpaired) electrons. The molecule has 32 heavy (non-hydrogen) atoms. The first-order chi connectivity index (χ1) is 15.1. The molecule has 0 amide bonds. The average molecular weight is 449 g/mol. The highest BCUT2D eigenvalue weighted by molar-refractivity contribution is 5.91. The summed E-state index contributed by atoms with van der Waals surface area (Å²) in [4.78, 5) is 13.2. The molecule has 1 aromatic rings. The zero-order valence-corrected chi connectivity index (χ0v) is 20.1. The fraction of sp³-hybridized carbons (Fsp3) is 0.640. The fourth-order valence-electron chi connectivity index (χ4n) is 4.80. The first kappa shape index (κ1) is 24.4. The molecule has 1 aliphatic carbocycles. The molecule has 1 unspecified atom stereocenters. The molecule has 7 nitrogen and oxygen atoms in total. The van der Waals surface area contributed by atoms with Gasteiger partial charge in [-0.05, 0) is 44.7 Å². The summed E-state index contributed by atoms with van der Waals surface area (Å²) < 4.78 is 28.1. The van der Waals surface area contributed by atoms with Crippen molar-refractivity contribution in [1.29, 1.82) is 0 Å². The lowest BCUT2D eigenvalue weighted by Gasteiger charge is -2.34. The molecular formula is C25H36O7. The molecule has 1 heterocycles. The zero-order valence-electron chi connectivity index (χ0n) is 20.1. The summed E-state index contributed by atoms with van der Waals surface area (Å²) in [6.45, 7) is 8.16. The predicted molar refractivity (Wildman–Crippen MR) is 121 cm³/mol. The van der Waals surface area contributed by atoms with Crippen LogP contribution in [0.5, 0.6) is 17.2 Å². The van der Waals surface area contributed by atoms with Crippen molar-refractivity contribution in [2.75, 3.05) is 21.3 Å². The predicted octanol–water partition coefficient (Wildman–Crippen LogP) is 4.16. The topological polar surface area (TPSA) is 86.8 Å². The lowest BCUT2D eigenvalue weighted by atomic mass is 9.78. The van der Waals surface area contributed by atoms with E-state index in [1.54, 1.807) is 12.1 Å². The van der Waals surface area contributed by atoms with E-state index in [0.717, 1.165) is 18.4 Å². The Morgan fingerprint density at radius 2 is 1.78 bits per heavy atom. The lowest BCUT2D eigenvalue weighted by molar-refractivity contribution is -0.0419. The molecule has 0 aromatic heterocycles. The molecule has 0 saturated carbocycles. The van der Waals surface area contributed by atoms with E-state index < -0.39 is 18.2 Å². The van der Waals surface area contributed by atoms with Gasteiger partial charge in [-0.2, -0.15) is 0 Å². The zero-order chi connectivity index (χ0) is 23.6. The number of ether oxygens (including phenoxy) is 5. The van der Waals surface area contributed by atoms with Gasteiger partial charge < -0.3 is 28.8 Å². The summed E-state index contributed by atoms with van der Waals surface area (Å²) in [6.07, 6.45) is 3.00. The van der Waals surface area contributed by atoms with Crippen LogP contribution < -0.4 is 14.2 Å². The summed E-state index contributed by atoms with van der Waals surface area (Å²) in [5, 5.41) is 11.2. The SMILES string of the molecule is COc1cc(C(=O)OC2CC(C)=CCC[C@]3(C)O[C@@H]3[C@H](O)[C@@H]2C(C)C)cc(OC)c1OC. The van der Waals surface area contributed by atoms with Gasteiger partial charge >= 0.3 is 5.97 Å². The van der Waals surface area contributed by atoms with Crippen LogP contribution in [0.25, 0.3) is 0 Å². The third-order valence-electron chi connectivity index (χ3n) is 6.66. The number of carbonyl (C=O) groups is 1. The highest BCUT2D eigenvalue weighted by atomic mass is 16.6. The molecule has 0 spiro atoms. The maximum Gasteiger partial charge on any atom is 0.338 e. The van der Waals surface area contributed by atoms with Crippen LogP contribution in [-0.4, -0.2) is 56.3 Å². The van der Waals surface area contributed by atoms with Gasteiger partial charge in [-0.15, -0.1) is 0 Å². The number of hydrogen-bond acceptors (Lipinski definition) is 7. The number of esters is 1. The highest BCUT2D eigenvalue weighted by Crippen LogP contribution is 2.47. The molecule has 1 saturated heterocycles. The summed E-state index contributed by atoms with van der Waals surface area (Å²) in [5.41, 5.74) is 1.10. The minimum absolute atomic E-state index is 0.0865. The van der Waals surface area contributed by atoms with Crippen molar-refractivity contribution in [3.05, 3.63) is 29.3 Å². The Hall–Kier alpha value is -2.25. The van der Waals surface area contributed by atoms with Crippen molar-refractivity contribution in [1.82, 2.24) is 0 Å². The fourth-order valence-corrected chi connectivity index (χ4v) is 4.80. The van der Waals surface area contributed by atoms with E-state index in [2.05, 4.69) is 6.08 Å². The summed E-state index contributed by atoms with van der Waals surface area (Å²) >= 11 is 0. The van der Waals surface area contributed by atoms with E-state index in [4.69, 9.17) is 23.7 Å². The quantitative estimate of drug-likeness (QED) is 0.397. The molecule has 1 N–H and O–H groups in total. The summed E-state index contributed by atoms with van der Waals surface area (Å²) in [6, 6.07) is 3.16. The Labute approximate surface area is 190 Å². The number of methoxy groups -OCH3 is 3. The minimum atomic E-state index is -0.719. The van der Waals surface area contributed by atoms with E-state index >= 15 is 0 Å². The van der Waals surface area contributed by atoms with Gasteiger partial charge in [-0.25, -0.2) is 4.79 Å². The molecule has 3 rings (SSSR count). The highest BCUT2D eigenvalue weighted by Gasteiger charge is 2.58. The number of aliphatic hydroxyl groups excluding tert-OH is 1. The molecule has 178 valence electrons. The number of fused-ring (bicyclic) bond motifs is 1. The number of rotatable bonds is 6. The molecule has 1 aliphatic heterocycles. The van der Waals surface area contributed by atoms with Crippen molar-refractivity contribution in [2.45, 2.75) is 70.9 Å². The number of epoxide rings is 1. The average Bonchev–Trinajstić information content (AvgIpc) is 3.43. The Bertz CT molecular complexity index is 837. The van der Waals surface area contributed by atoms with Crippen LogP contribution in [0.2, 0.25) is 0 Å². The second-order valence-corrected chi connectivity index (χ2v) is 9.31. The van der Waals surface area contributed by atoms with E-state index in [9.17, 15) is 9.90 Å². The second-order valence-electron chi connectivity index (χ2n) is 9.31. The Morgan fingerprint density at radius 3 is 2.31 bits per heavy atom. The van der Waals surface area contributed by atoms with Gasteiger partial charge in [-0.3, -0.25) is 0 Å². The van der Waals surface area contributed by atoms with Gasteiger partial charge in [-0.1, -0.05) is 25.5 Å². The molecular weight excluding hydrogens is 412 g/mol. The normalized spacial score (nSPS) is 30.1. The van der Waals surface area contributed by atoms with E-state index in [0.29, 0.717) is 29.2 Å². The van der Waals surface area contributed by atoms with Crippen LogP contribution in [0.15, 0.2) is 23.8 Å². The Morgan fingerprint density at radius 1 is 1.16 bits per heavy atom. The van der Waals surface area contributed by atoms with Crippen LogP contribution in [0.3, 0.4) is 0 Å². The van der Waals surface area contributed by atoms with Crippen LogP contribution in [0.1, 0.15) is 57.3 Å². The number of benzene rings is 1. The van der Waals surface area contributed by atoms with E-state index in [1.807, 2.05) is 27.7 Å². The Balaban J connectivity index is 1.93. The van der Waals surface area contributed by atoms with Gasteiger partial charge in [0.25, 0.3) is 0 Å². The van der Waals surface area contributed by atoms with Crippen molar-refractivity contribution in [3.63, 3.8) is 0 Å². The third-order valence-corrected chi connectivity index (χ3v) is 6.66. The molecule has 1 fully saturated rings. The maximum absolute atomic E-state index is 13.2. The van der Waals surface area contributed by atoms with Gasteiger partial charge in [0.1, 0.15) is 12.2 Å². The first-order valence-corrected chi connectivity index (χ1v) is 11.2. The second kappa shape index (κ2) is 9.71. The largest absolute Gasteiger partial charge is 0.493 e. The smallest absolute Gasteiger partial charge is 0.338 e. The molecule has 0 bridgehead atoms.